The number of methoxy groups -OCH3 is 2. The van der Waals surface area contributed by atoms with Gasteiger partial charge in [0, 0.05) is 54.2 Å². The number of thioether (sulfide) groups is 1. The van der Waals surface area contributed by atoms with Crippen molar-refractivity contribution in [1.29, 1.82) is 0 Å². The molecule has 7 rings (SSSR count). The van der Waals surface area contributed by atoms with E-state index < -0.39 is 22.7 Å². The number of nitro benzene ring substituents is 1. The van der Waals surface area contributed by atoms with Gasteiger partial charge in [0.25, 0.3) is 5.69 Å². The van der Waals surface area contributed by atoms with E-state index in [-0.39, 0.29) is 55.1 Å². The van der Waals surface area contributed by atoms with Gasteiger partial charge < -0.3 is 38.7 Å². The van der Waals surface area contributed by atoms with Gasteiger partial charge in [-0.05, 0) is 103 Å². The molecule has 0 spiro atoms. The standard InChI is InChI=1S/C49H55N3O11S/c1-4-26-60-49-45(64-37-13-6-5-7-14-37)30-42(51-61-31-32-16-18-34(19-17-32)52(56)57)39-27-33(12-8-10-24-53)38(15-9-11-25-54)46(47(39)49)40-28-36(21-23-43(40)63-49)62-48(55)50-41-22-20-35(58-2)29-44(41)59-3/h4-7,13-14,16-23,27-29,33,38,45-47,53-54H,1,8-12,15,24-26,30-31H2,2-3H3,(H,50,55). The Balaban J connectivity index is 1.34. The van der Waals surface area contributed by atoms with Crippen molar-refractivity contribution in [2.45, 2.75) is 73.4 Å². The first-order valence-corrected chi connectivity index (χ1v) is 22.5. The molecule has 0 radical (unpaired) electrons. The fraction of sp³-hybridized carbons (Fsp3) is 0.388. The summed E-state index contributed by atoms with van der Waals surface area (Å²) in [6, 6.07) is 26.8. The number of nitrogens with one attached hydrogen (secondary N) is 1. The summed E-state index contributed by atoms with van der Waals surface area (Å²) in [5.41, 5.74) is 3.62. The molecule has 6 unspecified atom stereocenters. The first-order chi connectivity index (χ1) is 31.2. The van der Waals surface area contributed by atoms with Crippen molar-refractivity contribution in [3.05, 3.63) is 137 Å². The van der Waals surface area contributed by atoms with Gasteiger partial charge in [0.1, 0.15) is 29.6 Å². The van der Waals surface area contributed by atoms with Gasteiger partial charge >= 0.3 is 6.09 Å². The van der Waals surface area contributed by atoms with Crippen LogP contribution in [-0.4, -0.2) is 72.0 Å². The molecule has 14 nitrogen and oxygen atoms in total. The van der Waals surface area contributed by atoms with Crippen LogP contribution in [0.2, 0.25) is 0 Å². The zero-order valence-electron chi connectivity index (χ0n) is 36.1. The van der Waals surface area contributed by atoms with E-state index in [0.717, 1.165) is 53.0 Å². The second kappa shape index (κ2) is 21.7. The molecule has 6 atom stereocenters. The molecule has 64 heavy (non-hydrogen) atoms. The summed E-state index contributed by atoms with van der Waals surface area (Å²) >= 11 is 1.64. The monoisotopic (exact) mass is 893 g/mol. The second-order valence-electron chi connectivity index (χ2n) is 16.0. The van der Waals surface area contributed by atoms with Crippen molar-refractivity contribution in [1.82, 2.24) is 0 Å². The first kappa shape index (κ1) is 46.1. The van der Waals surface area contributed by atoms with Gasteiger partial charge in [0.05, 0.1) is 48.3 Å². The van der Waals surface area contributed by atoms with Crippen molar-refractivity contribution in [2.24, 2.45) is 22.9 Å². The number of benzene rings is 4. The lowest BCUT2D eigenvalue weighted by Crippen LogP contribution is -2.64. The average molecular weight is 894 g/mol. The summed E-state index contributed by atoms with van der Waals surface area (Å²) in [6.45, 7) is 4.44. The molecule has 2 aliphatic carbocycles. The maximum absolute atomic E-state index is 13.5. The van der Waals surface area contributed by atoms with E-state index in [0.29, 0.717) is 47.9 Å². The number of fused-ring (bicyclic) bond motifs is 2. The molecule has 338 valence electrons. The van der Waals surface area contributed by atoms with E-state index in [4.69, 9.17) is 33.7 Å². The lowest BCUT2D eigenvalue weighted by Gasteiger charge is -2.58. The molecular weight excluding hydrogens is 839 g/mol. The van der Waals surface area contributed by atoms with E-state index >= 15 is 0 Å². The van der Waals surface area contributed by atoms with Crippen LogP contribution in [0.5, 0.6) is 23.0 Å². The van der Waals surface area contributed by atoms with Crippen molar-refractivity contribution >= 4 is 34.9 Å². The molecule has 1 saturated carbocycles. The van der Waals surface area contributed by atoms with Gasteiger partial charge in [-0.1, -0.05) is 48.3 Å². The number of amides is 1. The van der Waals surface area contributed by atoms with Gasteiger partial charge in [-0.2, -0.15) is 0 Å². The summed E-state index contributed by atoms with van der Waals surface area (Å²) in [4.78, 5) is 31.6. The van der Waals surface area contributed by atoms with E-state index in [2.05, 4.69) is 30.1 Å². The highest BCUT2D eigenvalue weighted by Crippen LogP contribution is 2.63. The zero-order valence-corrected chi connectivity index (χ0v) is 36.9. The number of anilines is 1. The summed E-state index contributed by atoms with van der Waals surface area (Å²) in [6.07, 6.45) is 8.10. The third kappa shape index (κ3) is 10.4. The number of nitrogens with zero attached hydrogens (tertiary/aromatic N) is 2. The first-order valence-electron chi connectivity index (χ1n) is 21.6. The Bertz CT molecular complexity index is 2310. The highest BCUT2D eigenvalue weighted by molar-refractivity contribution is 8.00. The van der Waals surface area contributed by atoms with Crippen LogP contribution in [0.1, 0.15) is 62.0 Å². The smallest absolute Gasteiger partial charge is 0.417 e. The van der Waals surface area contributed by atoms with Gasteiger partial charge in [-0.25, -0.2) is 4.79 Å². The Morgan fingerprint density at radius 1 is 0.969 bits per heavy atom. The molecule has 0 aromatic heterocycles. The largest absolute Gasteiger partial charge is 0.497 e. The van der Waals surface area contributed by atoms with Crippen LogP contribution in [0.25, 0.3) is 0 Å². The summed E-state index contributed by atoms with van der Waals surface area (Å²) in [5, 5.41) is 38.5. The zero-order chi connectivity index (χ0) is 45.1. The number of nitro groups is 1. The van der Waals surface area contributed by atoms with Crippen LogP contribution < -0.4 is 24.3 Å². The molecule has 0 bridgehead atoms. The van der Waals surface area contributed by atoms with Crippen molar-refractivity contribution in [2.75, 3.05) is 39.4 Å². The minimum Gasteiger partial charge on any atom is -0.497 e. The maximum Gasteiger partial charge on any atom is 0.417 e. The van der Waals surface area contributed by atoms with Crippen LogP contribution in [0.15, 0.2) is 125 Å². The van der Waals surface area contributed by atoms with Crippen molar-refractivity contribution < 1.29 is 48.5 Å². The molecule has 4 aromatic rings. The van der Waals surface area contributed by atoms with Crippen LogP contribution >= 0.6 is 11.8 Å². The fourth-order valence-electron chi connectivity index (χ4n) is 9.19. The normalized spacial score (nSPS) is 22.5. The molecule has 15 heteroatoms. The number of carbonyl (C=O) groups is 1. The minimum absolute atomic E-state index is 0.0117. The lowest BCUT2D eigenvalue weighted by molar-refractivity contribution is -0.384. The van der Waals surface area contributed by atoms with Crippen LogP contribution in [0, 0.1) is 27.9 Å². The highest BCUT2D eigenvalue weighted by atomic mass is 32.2. The molecule has 1 fully saturated rings. The maximum atomic E-state index is 13.5. The summed E-state index contributed by atoms with van der Waals surface area (Å²) < 4.78 is 31.1. The highest BCUT2D eigenvalue weighted by Gasteiger charge is 2.64. The lowest BCUT2D eigenvalue weighted by atomic mass is 9.56. The number of hydrogen-bond acceptors (Lipinski definition) is 13. The van der Waals surface area contributed by atoms with E-state index in [9.17, 15) is 25.1 Å². The Hall–Kier alpha value is -5.87. The molecule has 1 heterocycles. The quantitative estimate of drug-likeness (QED) is 0.0312. The number of oxime groups is 1. The second-order valence-corrected chi connectivity index (χ2v) is 17.2. The Kier molecular flexibility index (Phi) is 15.6. The fourth-order valence-corrected chi connectivity index (χ4v) is 10.5. The van der Waals surface area contributed by atoms with Crippen LogP contribution in [0.4, 0.5) is 16.2 Å². The number of ether oxygens (including phenoxy) is 5. The molecule has 3 N–H and O–H groups in total. The molecule has 4 aromatic carbocycles. The van der Waals surface area contributed by atoms with Crippen LogP contribution in [0.3, 0.4) is 0 Å². The Morgan fingerprint density at radius 2 is 1.72 bits per heavy atom. The van der Waals surface area contributed by atoms with Gasteiger partial charge in [0.2, 0.25) is 5.79 Å². The number of hydrogen-bond donors (Lipinski definition) is 3. The predicted octanol–water partition coefficient (Wildman–Crippen LogP) is 9.85. The van der Waals surface area contributed by atoms with Crippen molar-refractivity contribution in [3.8, 4) is 23.0 Å². The SMILES string of the molecule is C=CCOC12Oc3ccc(OC(=O)Nc4ccc(OC)cc4OC)cc3C3C(CCCCO)C(CCCCO)C=C(C(=NOCc4ccc([N+](=O)[O-])cc4)CC1Sc1ccccc1)C32. The van der Waals surface area contributed by atoms with Crippen LogP contribution in [-0.2, 0) is 16.2 Å². The van der Waals surface area contributed by atoms with Crippen molar-refractivity contribution in [3.63, 3.8) is 0 Å². The van der Waals surface area contributed by atoms with Gasteiger partial charge in [-0.3, -0.25) is 15.4 Å². The van der Waals surface area contributed by atoms with Gasteiger partial charge in [0.15, 0.2) is 0 Å². The number of non-ortho nitro benzene ring substituents is 1. The number of unbranched alkanes of at least 4 members (excludes halogenated alkanes) is 2. The topological polar surface area (TPSA) is 180 Å². The minimum atomic E-state index is -1.23. The third-order valence-electron chi connectivity index (χ3n) is 12.1. The van der Waals surface area contributed by atoms with E-state index in [1.54, 1.807) is 61.3 Å². The number of aliphatic hydroxyl groups is 2. The number of rotatable bonds is 21. The molecule has 1 aliphatic heterocycles. The molecular formula is C49H55N3O11S. The van der Waals surface area contributed by atoms with Gasteiger partial charge in [-0.15, -0.1) is 18.3 Å². The summed E-state index contributed by atoms with van der Waals surface area (Å²) in [5.74, 6) is 0.00847. The number of allylic oxidation sites excluding steroid dienone is 1. The molecule has 3 aliphatic rings. The third-order valence-corrected chi connectivity index (χ3v) is 13.4. The van der Waals surface area contributed by atoms with E-state index in [1.807, 2.05) is 30.3 Å². The molecule has 0 saturated heterocycles. The molecule has 1 amide bonds. The Morgan fingerprint density at radius 3 is 2.42 bits per heavy atom. The average Bonchev–Trinajstić information content (AvgIpc) is 3.31. The predicted molar refractivity (Wildman–Crippen MR) is 244 cm³/mol. The number of aliphatic hydroxyl groups excluding tert-OH is 2. The summed E-state index contributed by atoms with van der Waals surface area (Å²) in [7, 11) is 3.05. The van der Waals surface area contributed by atoms with E-state index in [1.165, 1.54) is 19.2 Å². The number of carbonyl (C=O) groups excluding carboxylic acids is 1. The Labute approximate surface area is 377 Å².